The van der Waals surface area contributed by atoms with Gasteiger partial charge in [-0.15, -0.1) is 0 Å². The lowest BCUT2D eigenvalue weighted by atomic mass is 10.0. The Morgan fingerprint density at radius 3 is 2.33 bits per heavy atom. The van der Waals surface area contributed by atoms with Crippen LogP contribution in [0.5, 0.6) is 0 Å². The molecule has 3 N–H and O–H groups in total. The Bertz CT molecular complexity index is 174. The molecule has 4 nitrogen and oxygen atoms in total. The van der Waals surface area contributed by atoms with E-state index in [9.17, 15) is 9.59 Å². The predicted octanol–water partition coefficient (Wildman–Crippen LogP) is -1.25. The molecule has 0 radical (unpaired) electrons. The molecule has 1 saturated heterocycles. The standard InChI is InChI=1S/C5H8N2O2/c1-5(6)2-3(8)7-4(5)9/h2,6H2,1H3,(H,7,8,9). The van der Waals surface area contributed by atoms with Gasteiger partial charge in [-0.05, 0) is 6.92 Å². The van der Waals surface area contributed by atoms with Crippen molar-refractivity contribution in [2.45, 2.75) is 18.9 Å². The number of hydrogen-bond donors (Lipinski definition) is 2. The van der Waals surface area contributed by atoms with E-state index in [0.29, 0.717) is 0 Å². The Morgan fingerprint density at radius 2 is 2.22 bits per heavy atom. The van der Waals surface area contributed by atoms with Crippen molar-refractivity contribution in [3.05, 3.63) is 0 Å². The second-order valence-corrected chi connectivity index (χ2v) is 2.47. The molecule has 4 heteroatoms. The largest absolute Gasteiger partial charge is 0.317 e. The van der Waals surface area contributed by atoms with E-state index >= 15 is 0 Å². The highest BCUT2D eigenvalue weighted by molar-refractivity contribution is 6.07. The summed E-state index contributed by atoms with van der Waals surface area (Å²) in [6.45, 7) is 1.53. The molecule has 9 heavy (non-hydrogen) atoms. The van der Waals surface area contributed by atoms with E-state index in [1.807, 2.05) is 0 Å². The van der Waals surface area contributed by atoms with Gasteiger partial charge in [0, 0.05) is 0 Å². The number of carbonyl (C=O) groups excluding carboxylic acids is 2. The Kier molecular flexibility index (Phi) is 1.06. The van der Waals surface area contributed by atoms with Crippen molar-refractivity contribution < 1.29 is 9.59 Å². The molecular formula is C5H8N2O2. The van der Waals surface area contributed by atoms with Crippen LogP contribution in [0.15, 0.2) is 0 Å². The van der Waals surface area contributed by atoms with Crippen molar-refractivity contribution in [3.8, 4) is 0 Å². The Hall–Kier alpha value is -0.900. The number of nitrogens with two attached hydrogens (primary N) is 1. The van der Waals surface area contributed by atoms with Gasteiger partial charge in [0.2, 0.25) is 11.8 Å². The third-order valence-corrected chi connectivity index (χ3v) is 1.30. The topological polar surface area (TPSA) is 72.2 Å². The van der Waals surface area contributed by atoms with Crippen LogP contribution in [0.1, 0.15) is 13.3 Å². The SMILES string of the molecule is CC1(N)CC(=O)NC1=O. The van der Waals surface area contributed by atoms with Crippen molar-refractivity contribution in [2.75, 3.05) is 0 Å². The average Bonchev–Trinajstić information content (AvgIpc) is 1.79. The first-order valence-electron chi connectivity index (χ1n) is 2.65. The first-order chi connectivity index (χ1) is 4.02. The summed E-state index contributed by atoms with van der Waals surface area (Å²) in [6, 6.07) is 0. The Balaban J connectivity index is 2.81. The molecule has 1 unspecified atom stereocenters. The summed E-state index contributed by atoms with van der Waals surface area (Å²) in [5.74, 6) is -0.669. The van der Waals surface area contributed by atoms with Gasteiger partial charge in [-0.3, -0.25) is 14.9 Å². The van der Waals surface area contributed by atoms with E-state index in [-0.39, 0.29) is 18.2 Å². The fourth-order valence-electron chi connectivity index (χ4n) is 0.727. The molecule has 1 rings (SSSR count). The zero-order valence-corrected chi connectivity index (χ0v) is 5.10. The molecule has 0 aliphatic carbocycles. The van der Waals surface area contributed by atoms with Crippen LogP contribution in [-0.2, 0) is 9.59 Å². The minimum absolute atomic E-state index is 0.103. The molecule has 0 saturated carbocycles. The summed E-state index contributed by atoms with van der Waals surface area (Å²) in [6.07, 6.45) is 0.103. The Labute approximate surface area is 52.4 Å². The van der Waals surface area contributed by atoms with Crippen LogP contribution in [0.3, 0.4) is 0 Å². The second-order valence-electron chi connectivity index (χ2n) is 2.47. The lowest BCUT2D eigenvalue weighted by Gasteiger charge is -2.09. The average molecular weight is 128 g/mol. The first-order valence-corrected chi connectivity index (χ1v) is 2.65. The highest BCUT2D eigenvalue weighted by atomic mass is 16.2. The minimum atomic E-state index is -0.975. The van der Waals surface area contributed by atoms with Gasteiger partial charge in [0.25, 0.3) is 0 Å². The molecular weight excluding hydrogens is 120 g/mol. The summed E-state index contributed by atoms with van der Waals surface area (Å²) >= 11 is 0. The van der Waals surface area contributed by atoms with Crippen LogP contribution in [-0.4, -0.2) is 17.4 Å². The number of rotatable bonds is 0. The number of carbonyl (C=O) groups is 2. The fraction of sp³-hybridized carbons (Fsp3) is 0.600. The van der Waals surface area contributed by atoms with E-state index in [2.05, 4.69) is 5.32 Å². The zero-order valence-electron chi connectivity index (χ0n) is 5.10. The maximum Gasteiger partial charge on any atom is 0.246 e. The van der Waals surface area contributed by atoms with Crippen LogP contribution >= 0.6 is 0 Å². The van der Waals surface area contributed by atoms with E-state index in [0.717, 1.165) is 0 Å². The van der Waals surface area contributed by atoms with Crippen molar-refractivity contribution in [1.29, 1.82) is 0 Å². The quantitative estimate of drug-likeness (QED) is 0.400. The van der Waals surface area contributed by atoms with E-state index in [4.69, 9.17) is 5.73 Å². The first kappa shape index (κ1) is 6.22. The summed E-state index contributed by atoms with van der Waals surface area (Å²) in [5, 5.41) is 2.10. The summed E-state index contributed by atoms with van der Waals surface area (Å²) in [5.41, 5.74) is 4.40. The summed E-state index contributed by atoms with van der Waals surface area (Å²) in [7, 11) is 0. The molecule has 50 valence electrons. The molecule has 1 aliphatic heterocycles. The van der Waals surface area contributed by atoms with Gasteiger partial charge in [0.1, 0.15) is 5.54 Å². The van der Waals surface area contributed by atoms with Crippen LogP contribution in [0, 0.1) is 0 Å². The zero-order chi connectivity index (χ0) is 7.07. The van der Waals surface area contributed by atoms with Crippen LogP contribution in [0.4, 0.5) is 0 Å². The van der Waals surface area contributed by atoms with Crippen LogP contribution < -0.4 is 11.1 Å². The lowest BCUT2D eigenvalue weighted by Crippen LogP contribution is -2.43. The summed E-state index contributed by atoms with van der Waals surface area (Å²) < 4.78 is 0. The highest BCUT2D eigenvalue weighted by Crippen LogP contribution is 2.11. The third kappa shape index (κ3) is 0.929. The number of imide groups is 1. The van der Waals surface area contributed by atoms with E-state index in [1.54, 1.807) is 0 Å². The minimum Gasteiger partial charge on any atom is -0.317 e. The van der Waals surface area contributed by atoms with Crippen molar-refractivity contribution in [1.82, 2.24) is 5.32 Å². The van der Waals surface area contributed by atoms with Crippen LogP contribution in [0.25, 0.3) is 0 Å². The number of nitrogens with one attached hydrogen (secondary N) is 1. The lowest BCUT2D eigenvalue weighted by molar-refractivity contribution is -0.126. The normalized spacial score (nSPS) is 34.9. The van der Waals surface area contributed by atoms with Crippen molar-refractivity contribution in [3.63, 3.8) is 0 Å². The third-order valence-electron chi connectivity index (χ3n) is 1.30. The molecule has 1 atom stereocenters. The molecule has 0 spiro atoms. The van der Waals surface area contributed by atoms with Gasteiger partial charge in [-0.1, -0.05) is 0 Å². The molecule has 0 aromatic rings. The fourth-order valence-corrected chi connectivity index (χ4v) is 0.727. The molecule has 0 aromatic heterocycles. The van der Waals surface area contributed by atoms with E-state index < -0.39 is 5.54 Å². The molecule has 0 aromatic carbocycles. The van der Waals surface area contributed by atoms with Gasteiger partial charge in [-0.25, -0.2) is 0 Å². The number of amides is 2. The molecule has 1 heterocycles. The van der Waals surface area contributed by atoms with Gasteiger partial charge in [0.15, 0.2) is 0 Å². The molecule has 1 fully saturated rings. The smallest absolute Gasteiger partial charge is 0.246 e. The van der Waals surface area contributed by atoms with Gasteiger partial charge < -0.3 is 5.73 Å². The van der Waals surface area contributed by atoms with E-state index in [1.165, 1.54) is 6.92 Å². The maximum atomic E-state index is 10.6. The van der Waals surface area contributed by atoms with Gasteiger partial charge in [0.05, 0.1) is 6.42 Å². The molecule has 1 aliphatic rings. The molecule has 2 amide bonds. The van der Waals surface area contributed by atoms with Gasteiger partial charge in [-0.2, -0.15) is 0 Å². The van der Waals surface area contributed by atoms with Crippen molar-refractivity contribution in [2.24, 2.45) is 5.73 Å². The Morgan fingerprint density at radius 1 is 1.67 bits per heavy atom. The number of hydrogen-bond acceptors (Lipinski definition) is 3. The second kappa shape index (κ2) is 1.54. The van der Waals surface area contributed by atoms with Crippen molar-refractivity contribution >= 4 is 11.8 Å². The van der Waals surface area contributed by atoms with Crippen LogP contribution in [0.2, 0.25) is 0 Å². The van der Waals surface area contributed by atoms with Gasteiger partial charge >= 0.3 is 0 Å². The summed E-state index contributed by atoms with van der Waals surface area (Å²) in [4.78, 5) is 21.1. The predicted molar refractivity (Wildman–Crippen MR) is 30.4 cm³/mol. The molecule has 0 bridgehead atoms. The monoisotopic (exact) mass is 128 g/mol. The highest BCUT2D eigenvalue weighted by Gasteiger charge is 2.38. The maximum absolute atomic E-state index is 10.6.